The lowest BCUT2D eigenvalue weighted by Crippen LogP contribution is -2.16. The number of nitrogens with zero attached hydrogens (tertiary/aromatic N) is 3. The third kappa shape index (κ3) is 3.25. The number of amides is 1. The Morgan fingerprint density at radius 2 is 2.10 bits per heavy atom. The molecule has 21 heavy (non-hydrogen) atoms. The molecule has 2 rings (SSSR count). The standard InChI is InChI=1S/C14H16N4O3/c1-8-11(9(2)18(3)17-8)7-13(19)16-10-4-5-15-12(6-10)14(20)21/h4-6H,7H2,1-3H3,(H,20,21)(H,15,16,19). The molecule has 2 aromatic heterocycles. The normalized spacial score (nSPS) is 10.4. The van der Waals surface area contributed by atoms with Crippen LogP contribution in [0.3, 0.4) is 0 Å². The highest BCUT2D eigenvalue weighted by atomic mass is 16.4. The number of anilines is 1. The van der Waals surface area contributed by atoms with Gasteiger partial charge in [-0.2, -0.15) is 5.10 Å². The molecular formula is C14H16N4O3. The molecule has 0 aliphatic carbocycles. The van der Waals surface area contributed by atoms with Crippen LogP contribution < -0.4 is 5.32 Å². The molecule has 0 fully saturated rings. The molecule has 7 nitrogen and oxygen atoms in total. The summed E-state index contributed by atoms with van der Waals surface area (Å²) in [5.41, 5.74) is 2.92. The maximum Gasteiger partial charge on any atom is 0.354 e. The minimum Gasteiger partial charge on any atom is -0.477 e. The highest BCUT2D eigenvalue weighted by Crippen LogP contribution is 2.14. The first-order chi connectivity index (χ1) is 9.88. The van der Waals surface area contributed by atoms with Crippen molar-refractivity contribution in [2.45, 2.75) is 20.3 Å². The second-order valence-electron chi connectivity index (χ2n) is 4.73. The van der Waals surface area contributed by atoms with Crippen molar-refractivity contribution in [2.24, 2.45) is 7.05 Å². The van der Waals surface area contributed by atoms with E-state index in [2.05, 4.69) is 15.4 Å². The molecule has 110 valence electrons. The third-order valence-electron chi connectivity index (χ3n) is 3.26. The zero-order valence-electron chi connectivity index (χ0n) is 12.0. The van der Waals surface area contributed by atoms with E-state index < -0.39 is 5.97 Å². The SMILES string of the molecule is Cc1nn(C)c(C)c1CC(=O)Nc1ccnc(C(=O)O)c1. The van der Waals surface area contributed by atoms with Gasteiger partial charge in [0.1, 0.15) is 5.69 Å². The molecule has 7 heteroatoms. The number of carboxylic acids is 1. The van der Waals surface area contributed by atoms with E-state index in [9.17, 15) is 9.59 Å². The van der Waals surface area contributed by atoms with Gasteiger partial charge in [0.2, 0.25) is 5.91 Å². The summed E-state index contributed by atoms with van der Waals surface area (Å²) in [5, 5.41) is 15.8. The van der Waals surface area contributed by atoms with Crippen LogP contribution in [0, 0.1) is 13.8 Å². The van der Waals surface area contributed by atoms with Gasteiger partial charge >= 0.3 is 5.97 Å². The number of carbonyl (C=O) groups excluding carboxylic acids is 1. The molecule has 0 aliphatic heterocycles. The van der Waals surface area contributed by atoms with Crippen molar-refractivity contribution in [3.05, 3.63) is 41.0 Å². The van der Waals surface area contributed by atoms with Gasteiger partial charge in [-0.1, -0.05) is 0 Å². The van der Waals surface area contributed by atoms with Gasteiger partial charge in [-0.05, 0) is 26.0 Å². The Balaban J connectivity index is 2.12. The van der Waals surface area contributed by atoms with Crippen LogP contribution in [0.1, 0.15) is 27.4 Å². The zero-order chi connectivity index (χ0) is 15.6. The molecule has 0 saturated heterocycles. The highest BCUT2D eigenvalue weighted by molar-refractivity contribution is 5.94. The zero-order valence-corrected chi connectivity index (χ0v) is 12.0. The van der Waals surface area contributed by atoms with Crippen LogP contribution in [-0.4, -0.2) is 31.7 Å². The Bertz CT molecular complexity index is 706. The molecule has 0 bridgehead atoms. The summed E-state index contributed by atoms with van der Waals surface area (Å²) in [5.74, 6) is -1.36. The van der Waals surface area contributed by atoms with Gasteiger partial charge in [0, 0.05) is 30.2 Å². The second-order valence-corrected chi connectivity index (χ2v) is 4.73. The summed E-state index contributed by atoms with van der Waals surface area (Å²) in [6.07, 6.45) is 1.54. The summed E-state index contributed by atoms with van der Waals surface area (Å²) in [7, 11) is 1.83. The number of pyridine rings is 1. The maximum absolute atomic E-state index is 12.1. The van der Waals surface area contributed by atoms with E-state index in [1.165, 1.54) is 12.3 Å². The lowest BCUT2D eigenvalue weighted by Gasteiger charge is -2.06. The van der Waals surface area contributed by atoms with E-state index in [0.29, 0.717) is 5.69 Å². The van der Waals surface area contributed by atoms with Crippen molar-refractivity contribution in [2.75, 3.05) is 5.32 Å². The van der Waals surface area contributed by atoms with Gasteiger partial charge in [0.05, 0.1) is 12.1 Å². The highest BCUT2D eigenvalue weighted by Gasteiger charge is 2.14. The van der Waals surface area contributed by atoms with Crippen molar-refractivity contribution in [1.82, 2.24) is 14.8 Å². The number of aryl methyl sites for hydroxylation is 2. The van der Waals surface area contributed by atoms with Gasteiger partial charge in [0.25, 0.3) is 0 Å². The van der Waals surface area contributed by atoms with E-state index in [1.807, 2.05) is 20.9 Å². The van der Waals surface area contributed by atoms with Crippen molar-refractivity contribution in [1.29, 1.82) is 0 Å². The minimum absolute atomic E-state index is 0.110. The van der Waals surface area contributed by atoms with E-state index in [1.54, 1.807) is 10.7 Å². The number of rotatable bonds is 4. The first-order valence-electron chi connectivity index (χ1n) is 6.36. The first kappa shape index (κ1) is 14.7. The summed E-state index contributed by atoms with van der Waals surface area (Å²) in [4.78, 5) is 26.6. The molecule has 0 atom stereocenters. The minimum atomic E-state index is -1.13. The average Bonchev–Trinajstić information content (AvgIpc) is 2.65. The number of aromatic carboxylic acids is 1. The van der Waals surface area contributed by atoms with Crippen molar-refractivity contribution < 1.29 is 14.7 Å². The predicted molar refractivity (Wildman–Crippen MR) is 76.2 cm³/mol. The third-order valence-corrected chi connectivity index (χ3v) is 3.26. The van der Waals surface area contributed by atoms with Crippen LogP contribution in [-0.2, 0) is 18.3 Å². The lowest BCUT2D eigenvalue weighted by atomic mass is 10.1. The number of hydrogen-bond donors (Lipinski definition) is 2. The Hall–Kier alpha value is -2.70. The summed E-state index contributed by atoms with van der Waals surface area (Å²) in [6, 6.07) is 2.87. The topological polar surface area (TPSA) is 97.1 Å². The number of carbonyl (C=O) groups is 2. The largest absolute Gasteiger partial charge is 0.477 e. The van der Waals surface area contributed by atoms with Crippen LogP contribution in [0.15, 0.2) is 18.3 Å². The summed E-state index contributed by atoms with van der Waals surface area (Å²) >= 11 is 0. The molecule has 0 radical (unpaired) electrons. The molecule has 0 spiro atoms. The van der Waals surface area contributed by atoms with Crippen molar-refractivity contribution >= 4 is 17.6 Å². The van der Waals surface area contributed by atoms with E-state index in [4.69, 9.17) is 5.11 Å². The van der Waals surface area contributed by atoms with Crippen molar-refractivity contribution in [3.8, 4) is 0 Å². The number of aromatic nitrogens is 3. The average molecular weight is 288 g/mol. The molecule has 0 aromatic carbocycles. The van der Waals surface area contributed by atoms with E-state index in [-0.39, 0.29) is 18.0 Å². The Morgan fingerprint density at radius 1 is 1.38 bits per heavy atom. The monoisotopic (exact) mass is 288 g/mol. The maximum atomic E-state index is 12.1. The number of carboxylic acid groups (broad SMARTS) is 1. The van der Waals surface area contributed by atoms with Crippen LogP contribution in [0.2, 0.25) is 0 Å². The number of hydrogen-bond acceptors (Lipinski definition) is 4. The quantitative estimate of drug-likeness (QED) is 0.884. The van der Waals surface area contributed by atoms with Crippen LogP contribution in [0.5, 0.6) is 0 Å². The Labute approximate surface area is 121 Å². The summed E-state index contributed by atoms with van der Waals surface area (Å²) < 4.78 is 1.73. The molecule has 0 unspecified atom stereocenters. The van der Waals surface area contributed by atoms with Crippen LogP contribution in [0.4, 0.5) is 5.69 Å². The van der Waals surface area contributed by atoms with Gasteiger partial charge in [-0.25, -0.2) is 9.78 Å². The molecule has 0 aliphatic rings. The molecule has 0 saturated carbocycles. The Morgan fingerprint density at radius 3 is 2.67 bits per heavy atom. The van der Waals surface area contributed by atoms with Gasteiger partial charge in [0.15, 0.2) is 0 Å². The van der Waals surface area contributed by atoms with Crippen LogP contribution >= 0.6 is 0 Å². The molecule has 1 amide bonds. The van der Waals surface area contributed by atoms with Gasteiger partial charge < -0.3 is 10.4 Å². The fourth-order valence-corrected chi connectivity index (χ4v) is 2.06. The second kappa shape index (κ2) is 5.74. The van der Waals surface area contributed by atoms with E-state index >= 15 is 0 Å². The van der Waals surface area contributed by atoms with E-state index in [0.717, 1.165) is 17.0 Å². The fourth-order valence-electron chi connectivity index (χ4n) is 2.06. The fraction of sp³-hybridized carbons (Fsp3) is 0.286. The smallest absolute Gasteiger partial charge is 0.354 e. The molecular weight excluding hydrogens is 272 g/mol. The number of nitrogens with one attached hydrogen (secondary N) is 1. The molecule has 2 aromatic rings. The molecule has 2 N–H and O–H groups in total. The summed E-state index contributed by atoms with van der Waals surface area (Å²) in [6.45, 7) is 3.75. The molecule has 2 heterocycles. The van der Waals surface area contributed by atoms with Crippen LogP contribution in [0.25, 0.3) is 0 Å². The van der Waals surface area contributed by atoms with Gasteiger partial charge in [-0.15, -0.1) is 0 Å². The predicted octanol–water partition coefficient (Wildman–Crippen LogP) is 1.31. The van der Waals surface area contributed by atoms with Crippen molar-refractivity contribution in [3.63, 3.8) is 0 Å². The van der Waals surface area contributed by atoms with Gasteiger partial charge in [-0.3, -0.25) is 9.48 Å². The lowest BCUT2D eigenvalue weighted by molar-refractivity contribution is -0.115. The Kier molecular flexibility index (Phi) is 4.02. The first-order valence-corrected chi connectivity index (χ1v) is 6.36.